The molecule has 144 valence electrons. The standard InChI is InChI=1S/C20H16BrF2N3O2/c21-14-9-12(22)10-15(23)18(14)25-19(27)11-5-6-13-16(8-11)24-17-4-2-1-3-7-26(17)20(13)28/h5-6,8-10H,1-4,7H2,(H,25,27). The Bertz CT molecular complexity index is 1140. The highest BCUT2D eigenvalue weighted by Gasteiger charge is 2.17. The molecule has 0 saturated carbocycles. The molecule has 2 heterocycles. The van der Waals surface area contributed by atoms with Crippen LogP contribution in [0, 0.1) is 11.6 Å². The van der Waals surface area contributed by atoms with Crippen molar-refractivity contribution in [3.63, 3.8) is 0 Å². The summed E-state index contributed by atoms with van der Waals surface area (Å²) in [6.07, 6.45) is 3.68. The van der Waals surface area contributed by atoms with Crippen LogP contribution in [0.5, 0.6) is 0 Å². The maximum absolute atomic E-state index is 14.0. The molecule has 5 nitrogen and oxygen atoms in total. The molecule has 8 heteroatoms. The van der Waals surface area contributed by atoms with Gasteiger partial charge in [-0.2, -0.15) is 0 Å². The molecule has 0 spiro atoms. The van der Waals surface area contributed by atoms with Crippen LogP contribution in [0.1, 0.15) is 35.4 Å². The highest BCUT2D eigenvalue weighted by Crippen LogP contribution is 2.27. The number of nitrogens with zero attached hydrogens (tertiary/aromatic N) is 2. The zero-order valence-electron chi connectivity index (χ0n) is 14.8. The molecule has 1 N–H and O–H groups in total. The Labute approximate surface area is 167 Å². The molecule has 0 unspecified atom stereocenters. The monoisotopic (exact) mass is 447 g/mol. The Hall–Kier alpha value is -2.61. The quantitative estimate of drug-likeness (QED) is 0.632. The highest BCUT2D eigenvalue weighted by atomic mass is 79.9. The van der Waals surface area contributed by atoms with Crippen LogP contribution in [0.4, 0.5) is 14.5 Å². The summed E-state index contributed by atoms with van der Waals surface area (Å²) in [6.45, 7) is 0.650. The van der Waals surface area contributed by atoms with E-state index < -0.39 is 17.5 Å². The van der Waals surface area contributed by atoms with Crippen LogP contribution in [0.15, 0.2) is 39.6 Å². The van der Waals surface area contributed by atoms with Gasteiger partial charge in [0.25, 0.3) is 11.5 Å². The van der Waals surface area contributed by atoms with Crippen LogP contribution in [0.25, 0.3) is 10.9 Å². The van der Waals surface area contributed by atoms with Gasteiger partial charge in [-0.3, -0.25) is 14.2 Å². The van der Waals surface area contributed by atoms with Gasteiger partial charge in [0.1, 0.15) is 11.6 Å². The number of rotatable bonds is 2. The molecule has 1 aromatic heterocycles. The van der Waals surface area contributed by atoms with Crippen molar-refractivity contribution in [3.05, 3.63) is 68.2 Å². The Morgan fingerprint density at radius 1 is 1.14 bits per heavy atom. The predicted molar refractivity (Wildman–Crippen MR) is 106 cm³/mol. The second-order valence-corrected chi connectivity index (χ2v) is 7.58. The Morgan fingerprint density at radius 3 is 2.75 bits per heavy atom. The third-order valence-electron chi connectivity index (χ3n) is 4.82. The van der Waals surface area contributed by atoms with Gasteiger partial charge in [0.2, 0.25) is 0 Å². The second kappa shape index (κ2) is 7.43. The van der Waals surface area contributed by atoms with Gasteiger partial charge < -0.3 is 5.32 Å². The van der Waals surface area contributed by atoms with Crippen LogP contribution >= 0.6 is 15.9 Å². The Kier molecular flexibility index (Phi) is 4.97. The van der Waals surface area contributed by atoms with E-state index >= 15 is 0 Å². The lowest BCUT2D eigenvalue weighted by molar-refractivity contribution is 0.102. The summed E-state index contributed by atoms with van der Waals surface area (Å²) in [5.41, 5.74) is 0.403. The van der Waals surface area contributed by atoms with Crippen molar-refractivity contribution in [3.8, 4) is 0 Å². The number of carbonyl (C=O) groups is 1. The largest absolute Gasteiger partial charge is 0.319 e. The minimum absolute atomic E-state index is 0.0980. The molecule has 0 fully saturated rings. The molecule has 3 aromatic rings. The van der Waals surface area contributed by atoms with Gasteiger partial charge in [0.15, 0.2) is 5.82 Å². The summed E-state index contributed by atoms with van der Waals surface area (Å²) in [4.78, 5) is 29.9. The summed E-state index contributed by atoms with van der Waals surface area (Å²) < 4.78 is 29.0. The second-order valence-electron chi connectivity index (χ2n) is 6.73. The van der Waals surface area contributed by atoms with Gasteiger partial charge >= 0.3 is 0 Å². The Morgan fingerprint density at radius 2 is 1.96 bits per heavy atom. The molecular weight excluding hydrogens is 432 g/mol. The van der Waals surface area contributed by atoms with E-state index in [2.05, 4.69) is 26.2 Å². The van der Waals surface area contributed by atoms with Gasteiger partial charge in [-0.1, -0.05) is 6.42 Å². The average molecular weight is 448 g/mol. The summed E-state index contributed by atoms with van der Waals surface area (Å²) >= 11 is 3.05. The van der Waals surface area contributed by atoms with Crippen LogP contribution in [-0.2, 0) is 13.0 Å². The number of halogens is 3. The summed E-state index contributed by atoms with van der Waals surface area (Å²) in [5.74, 6) is -1.49. The van der Waals surface area contributed by atoms with E-state index in [1.54, 1.807) is 10.6 Å². The number of nitrogens with one attached hydrogen (secondary N) is 1. The van der Waals surface area contributed by atoms with Crippen molar-refractivity contribution in [1.29, 1.82) is 0 Å². The van der Waals surface area contributed by atoms with Gasteiger partial charge in [-0.05, 0) is 53.0 Å². The number of anilines is 1. The normalized spacial score (nSPS) is 13.8. The number of aryl methyl sites for hydroxylation is 1. The number of carbonyl (C=O) groups excluding carboxylic acids is 1. The SMILES string of the molecule is O=C(Nc1c(F)cc(F)cc1Br)c1ccc2c(=O)n3c(nc2c1)CCCCC3. The van der Waals surface area contributed by atoms with Crippen molar-refractivity contribution in [2.45, 2.75) is 32.2 Å². The molecule has 2 aromatic carbocycles. The zero-order chi connectivity index (χ0) is 19.8. The van der Waals surface area contributed by atoms with E-state index in [9.17, 15) is 18.4 Å². The summed E-state index contributed by atoms with van der Waals surface area (Å²) in [7, 11) is 0. The lowest BCUT2D eigenvalue weighted by Crippen LogP contribution is -2.24. The van der Waals surface area contributed by atoms with Gasteiger partial charge in [-0.15, -0.1) is 0 Å². The average Bonchev–Trinajstić information content (AvgIpc) is 2.90. The number of aromatic nitrogens is 2. The third kappa shape index (κ3) is 3.44. The zero-order valence-corrected chi connectivity index (χ0v) is 16.4. The molecule has 1 amide bonds. The smallest absolute Gasteiger partial charge is 0.261 e. The number of benzene rings is 2. The fourth-order valence-corrected chi connectivity index (χ4v) is 3.91. The van der Waals surface area contributed by atoms with E-state index in [1.165, 1.54) is 12.1 Å². The van der Waals surface area contributed by atoms with Crippen LogP contribution in [0.2, 0.25) is 0 Å². The van der Waals surface area contributed by atoms with E-state index in [1.807, 2.05) is 0 Å². The molecule has 4 rings (SSSR count). The number of amides is 1. The topological polar surface area (TPSA) is 64.0 Å². The van der Waals surface area contributed by atoms with Gasteiger partial charge in [-0.25, -0.2) is 13.8 Å². The molecule has 28 heavy (non-hydrogen) atoms. The maximum atomic E-state index is 14.0. The number of fused-ring (bicyclic) bond motifs is 2. The first-order chi connectivity index (χ1) is 13.4. The van der Waals surface area contributed by atoms with E-state index in [-0.39, 0.29) is 21.3 Å². The van der Waals surface area contributed by atoms with E-state index in [0.29, 0.717) is 23.5 Å². The fourth-order valence-electron chi connectivity index (χ4n) is 3.41. The van der Waals surface area contributed by atoms with E-state index in [0.717, 1.165) is 37.6 Å². The molecule has 0 atom stereocenters. The lowest BCUT2D eigenvalue weighted by Gasteiger charge is -2.12. The van der Waals surface area contributed by atoms with Crippen LogP contribution in [-0.4, -0.2) is 15.5 Å². The maximum Gasteiger partial charge on any atom is 0.261 e. The first kappa shape index (κ1) is 18.7. The number of hydrogen-bond donors (Lipinski definition) is 1. The van der Waals surface area contributed by atoms with Gasteiger partial charge in [0.05, 0.1) is 16.6 Å². The minimum Gasteiger partial charge on any atom is -0.319 e. The van der Waals surface area contributed by atoms with Crippen molar-refractivity contribution < 1.29 is 13.6 Å². The first-order valence-electron chi connectivity index (χ1n) is 8.93. The molecule has 1 aliphatic rings. The molecule has 1 aliphatic heterocycles. The summed E-state index contributed by atoms with van der Waals surface area (Å²) in [5, 5.41) is 2.88. The van der Waals surface area contributed by atoms with Crippen molar-refractivity contribution >= 4 is 38.4 Å². The minimum atomic E-state index is -0.886. The molecule has 0 bridgehead atoms. The highest BCUT2D eigenvalue weighted by molar-refractivity contribution is 9.10. The molecule has 0 aliphatic carbocycles. The third-order valence-corrected chi connectivity index (χ3v) is 5.45. The van der Waals surface area contributed by atoms with Crippen molar-refractivity contribution in [1.82, 2.24) is 9.55 Å². The first-order valence-corrected chi connectivity index (χ1v) is 9.73. The Balaban J connectivity index is 1.72. The van der Waals surface area contributed by atoms with Crippen LogP contribution < -0.4 is 10.9 Å². The summed E-state index contributed by atoms with van der Waals surface area (Å²) in [6, 6.07) is 6.34. The molecular formula is C20H16BrF2N3O2. The lowest BCUT2D eigenvalue weighted by atomic mass is 10.1. The predicted octanol–water partition coefficient (Wildman–Crippen LogP) is 4.42. The van der Waals surface area contributed by atoms with Crippen molar-refractivity contribution in [2.75, 3.05) is 5.32 Å². The van der Waals surface area contributed by atoms with E-state index in [4.69, 9.17) is 0 Å². The van der Waals surface area contributed by atoms with Gasteiger partial charge in [0, 0.05) is 29.1 Å². The molecule has 0 saturated heterocycles. The molecule has 0 radical (unpaired) electrons. The van der Waals surface area contributed by atoms with Crippen molar-refractivity contribution in [2.24, 2.45) is 0 Å². The van der Waals surface area contributed by atoms with Crippen LogP contribution in [0.3, 0.4) is 0 Å². The fraction of sp³-hybridized carbons (Fsp3) is 0.250. The number of hydrogen-bond acceptors (Lipinski definition) is 3.